The fourth-order valence-electron chi connectivity index (χ4n) is 2.62. The first kappa shape index (κ1) is 18.3. The van der Waals surface area contributed by atoms with E-state index in [2.05, 4.69) is 34.4 Å². The van der Waals surface area contributed by atoms with Crippen LogP contribution >= 0.6 is 11.3 Å². The van der Waals surface area contributed by atoms with E-state index >= 15 is 0 Å². The number of nitrogens with zero attached hydrogens (tertiary/aromatic N) is 2. The summed E-state index contributed by atoms with van der Waals surface area (Å²) in [4.78, 5) is 18.6. The Bertz CT molecular complexity index is 487. The van der Waals surface area contributed by atoms with Crippen molar-refractivity contribution in [1.29, 1.82) is 0 Å². The molecule has 0 radical (unpaired) electrons. The first-order valence-corrected chi connectivity index (χ1v) is 8.76. The second kappa shape index (κ2) is 9.29. The third-order valence-corrected chi connectivity index (χ3v) is 4.25. The van der Waals surface area contributed by atoms with Crippen molar-refractivity contribution in [3.8, 4) is 0 Å². The minimum Gasteiger partial charge on any atom is -0.383 e. The number of hydrogen-bond donors (Lipinski definition) is 2. The standard InChI is InChI=1S/C15H26N4O3S/c1-11-7-19(8-12(2)22-11)9-13-10-23-15(17-13)18-14(20)6-16-4-5-21-3/h10-12,16H,4-9H2,1-3H3,(H,17,18,20). The third kappa shape index (κ3) is 6.52. The van der Waals surface area contributed by atoms with Gasteiger partial charge in [-0.25, -0.2) is 4.98 Å². The highest BCUT2D eigenvalue weighted by Gasteiger charge is 2.22. The van der Waals surface area contributed by atoms with Crippen molar-refractivity contribution in [3.63, 3.8) is 0 Å². The molecule has 1 saturated heterocycles. The molecule has 130 valence electrons. The van der Waals surface area contributed by atoms with E-state index in [0.717, 1.165) is 25.3 Å². The van der Waals surface area contributed by atoms with Gasteiger partial charge in [-0.3, -0.25) is 9.69 Å². The molecular weight excluding hydrogens is 316 g/mol. The van der Waals surface area contributed by atoms with Gasteiger partial charge in [0.25, 0.3) is 0 Å². The second-order valence-corrected chi connectivity index (χ2v) is 6.67. The van der Waals surface area contributed by atoms with E-state index in [1.165, 1.54) is 11.3 Å². The van der Waals surface area contributed by atoms with Crippen LogP contribution in [0.25, 0.3) is 0 Å². The highest BCUT2D eigenvalue weighted by atomic mass is 32.1. The summed E-state index contributed by atoms with van der Waals surface area (Å²) in [6.07, 6.45) is 0.490. The van der Waals surface area contributed by atoms with E-state index in [0.29, 0.717) is 18.3 Å². The maximum atomic E-state index is 11.8. The van der Waals surface area contributed by atoms with E-state index < -0.39 is 0 Å². The van der Waals surface area contributed by atoms with Crippen molar-refractivity contribution in [3.05, 3.63) is 11.1 Å². The molecule has 1 fully saturated rings. The van der Waals surface area contributed by atoms with Crippen LogP contribution in [-0.2, 0) is 20.8 Å². The van der Waals surface area contributed by atoms with Crippen molar-refractivity contribution in [2.75, 3.05) is 45.2 Å². The lowest BCUT2D eigenvalue weighted by atomic mass is 10.2. The molecule has 7 nitrogen and oxygen atoms in total. The molecule has 0 saturated carbocycles. The van der Waals surface area contributed by atoms with Gasteiger partial charge in [-0.05, 0) is 13.8 Å². The molecule has 1 aliphatic rings. The lowest BCUT2D eigenvalue weighted by Crippen LogP contribution is -2.44. The lowest BCUT2D eigenvalue weighted by Gasteiger charge is -2.34. The van der Waals surface area contributed by atoms with E-state index in [1.807, 2.05) is 5.38 Å². The van der Waals surface area contributed by atoms with Crippen molar-refractivity contribution in [1.82, 2.24) is 15.2 Å². The maximum Gasteiger partial charge on any atom is 0.240 e. The molecule has 0 spiro atoms. The van der Waals surface area contributed by atoms with Crippen LogP contribution in [0, 0.1) is 0 Å². The number of carbonyl (C=O) groups is 1. The number of morpholine rings is 1. The van der Waals surface area contributed by atoms with E-state index in [4.69, 9.17) is 9.47 Å². The van der Waals surface area contributed by atoms with Crippen LogP contribution in [0.5, 0.6) is 0 Å². The number of amides is 1. The Kier molecular flexibility index (Phi) is 7.38. The summed E-state index contributed by atoms with van der Waals surface area (Å²) >= 11 is 1.46. The van der Waals surface area contributed by atoms with E-state index in [-0.39, 0.29) is 24.7 Å². The zero-order valence-electron chi connectivity index (χ0n) is 14.0. The summed E-state index contributed by atoms with van der Waals surface area (Å²) in [5.74, 6) is -0.0874. The predicted molar refractivity (Wildman–Crippen MR) is 90.8 cm³/mol. The van der Waals surface area contributed by atoms with Crippen LogP contribution < -0.4 is 10.6 Å². The van der Waals surface area contributed by atoms with Crippen LogP contribution in [-0.4, -0.2) is 67.9 Å². The Morgan fingerprint density at radius 1 is 1.48 bits per heavy atom. The summed E-state index contributed by atoms with van der Waals surface area (Å²) < 4.78 is 10.6. The molecule has 2 unspecified atom stereocenters. The highest BCUT2D eigenvalue weighted by Crippen LogP contribution is 2.19. The number of methoxy groups -OCH3 is 1. The number of nitrogens with one attached hydrogen (secondary N) is 2. The number of hydrogen-bond acceptors (Lipinski definition) is 7. The first-order valence-electron chi connectivity index (χ1n) is 7.88. The minimum absolute atomic E-state index is 0.0874. The molecule has 8 heteroatoms. The Balaban J connectivity index is 1.75. The number of thiazole rings is 1. The van der Waals surface area contributed by atoms with Crippen molar-refractivity contribution in [2.24, 2.45) is 0 Å². The molecule has 2 rings (SSSR count). The third-order valence-electron chi connectivity index (χ3n) is 3.45. The van der Waals surface area contributed by atoms with Crippen LogP contribution in [0.1, 0.15) is 19.5 Å². The average molecular weight is 342 g/mol. The van der Waals surface area contributed by atoms with Gasteiger partial charge in [0.1, 0.15) is 0 Å². The molecule has 23 heavy (non-hydrogen) atoms. The molecule has 1 aromatic heterocycles. The van der Waals surface area contributed by atoms with Gasteiger partial charge in [0, 0.05) is 38.7 Å². The molecule has 0 bridgehead atoms. The molecule has 0 aliphatic carbocycles. The van der Waals surface area contributed by atoms with Gasteiger partial charge < -0.3 is 20.1 Å². The molecule has 1 aliphatic heterocycles. The van der Waals surface area contributed by atoms with Crippen molar-refractivity contribution < 1.29 is 14.3 Å². The summed E-state index contributed by atoms with van der Waals surface area (Å²) in [5, 5.41) is 8.47. The maximum absolute atomic E-state index is 11.8. The zero-order chi connectivity index (χ0) is 16.7. The molecule has 0 aromatic carbocycles. The fourth-order valence-corrected chi connectivity index (χ4v) is 3.34. The quantitative estimate of drug-likeness (QED) is 0.685. The molecule has 2 atom stereocenters. The fraction of sp³-hybridized carbons (Fsp3) is 0.733. The molecule has 1 amide bonds. The van der Waals surface area contributed by atoms with Crippen LogP contribution in [0.2, 0.25) is 0 Å². The van der Waals surface area contributed by atoms with Gasteiger partial charge in [-0.2, -0.15) is 0 Å². The largest absolute Gasteiger partial charge is 0.383 e. The predicted octanol–water partition coefficient (Wildman–Crippen LogP) is 0.927. The van der Waals surface area contributed by atoms with Gasteiger partial charge in [0.2, 0.25) is 5.91 Å². The minimum atomic E-state index is -0.0874. The molecule has 2 heterocycles. The smallest absolute Gasteiger partial charge is 0.240 e. The van der Waals surface area contributed by atoms with Gasteiger partial charge in [-0.15, -0.1) is 11.3 Å². The van der Waals surface area contributed by atoms with Gasteiger partial charge in [-0.1, -0.05) is 0 Å². The zero-order valence-corrected chi connectivity index (χ0v) is 14.8. The van der Waals surface area contributed by atoms with Gasteiger partial charge >= 0.3 is 0 Å². The summed E-state index contributed by atoms with van der Waals surface area (Å²) in [7, 11) is 1.63. The molecule has 2 N–H and O–H groups in total. The van der Waals surface area contributed by atoms with Crippen LogP contribution in [0.15, 0.2) is 5.38 Å². The van der Waals surface area contributed by atoms with Crippen LogP contribution in [0.3, 0.4) is 0 Å². The topological polar surface area (TPSA) is 75.7 Å². The van der Waals surface area contributed by atoms with E-state index in [1.54, 1.807) is 7.11 Å². The summed E-state index contributed by atoms with van der Waals surface area (Å²) in [5.41, 5.74) is 0.985. The van der Waals surface area contributed by atoms with Crippen LogP contribution in [0.4, 0.5) is 5.13 Å². The van der Waals surface area contributed by atoms with Gasteiger partial charge in [0.05, 0.1) is 31.1 Å². The van der Waals surface area contributed by atoms with E-state index in [9.17, 15) is 4.79 Å². The molecule has 1 aromatic rings. The lowest BCUT2D eigenvalue weighted by molar-refractivity contribution is -0.115. The Morgan fingerprint density at radius 2 is 2.22 bits per heavy atom. The first-order chi connectivity index (χ1) is 11.1. The van der Waals surface area contributed by atoms with Crippen molar-refractivity contribution >= 4 is 22.4 Å². The summed E-state index contributed by atoms with van der Waals surface area (Å²) in [6.45, 7) is 8.29. The number of ether oxygens (including phenoxy) is 2. The monoisotopic (exact) mass is 342 g/mol. The number of rotatable bonds is 8. The highest BCUT2D eigenvalue weighted by molar-refractivity contribution is 7.13. The number of carbonyl (C=O) groups excluding carboxylic acids is 1. The molecular formula is C15H26N4O3S. The second-order valence-electron chi connectivity index (χ2n) is 5.81. The Morgan fingerprint density at radius 3 is 2.91 bits per heavy atom. The SMILES string of the molecule is COCCNCC(=O)Nc1nc(CN2CC(C)OC(C)C2)cs1. The number of anilines is 1. The Hall–Kier alpha value is -1.06. The Labute approximate surface area is 141 Å². The normalized spacial score (nSPS) is 22.2. The van der Waals surface area contributed by atoms with Crippen molar-refractivity contribution in [2.45, 2.75) is 32.6 Å². The summed E-state index contributed by atoms with van der Waals surface area (Å²) in [6, 6.07) is 0. The van der Waals surface area contributed by atoms with Gasteiger partial charge in [0.15, 0.2) is 5.13 Å². The average Bonchev–Trinajstić information content (AvgIpc) is 2.89. The number of aromatic nitrogens is 1.